The van der Waals surface area contributed by atoms with Gasteiger partial charge in [-0.15, -0.1) is 0 Å². The van der Waals surface area contributed by atoms with E-state index < -0.39 is 0 Å². The monoisotopic (exact) mass is 140 g/mol. The largest absolute Gasteiger partial charge is 0.314 e. The van der Waals surface area contributed by atoms with Gasteiger partial charge in [0.05, 0.1) is 0 Å². The third-order valence-corrected chi connectivity index (χ3v) is 2.20. The summed E-state index contributed by atoms with van der Waals surface area (Å²) in [5, 5.41) is 6.69. The summed E-state index contributed by atoms with van der Waals surface area (Å²) in [6.07, 6.45) is 1.45. The van der Waals surface area contributed by atoms with Crippen molar-refractivity contribution < 1.29 is 4.79 Å². The Balaban J connectivity index is 2.05. The fraction of sp³-hybridized carbons (Fsp3) is 0.857. The maximum absolute atomic E-state index is 11.0. The highest BCUT2D eigenvalue weighted by Crippen LogP contribution is 2.11. The number of piperazine rings is 1. The van der Waals surface area contributed by atoms with Gasteiger partial charge in [0.1, 0.15) is 5.78 Å². The van der Waals surface area contributed by atoms with Crippen LogP contribution in [0, 0.1) is 0 Å². The molecule has 0 spiro atoms. The predicted octanol–water partition coefficient (Wildman–Crippen LogP) is -0.721. The van der Waals surface area contributed by atoms with Gasteiger partial charge in [0.2, 0.25) is 0 Å². The van der Waals surface area contributed by atoms with Gasteiger partial charge in [-0.25, -0.2) is 0 Å². The van der Waals surface area contributed by atoms with Gasteiger partial charge in [-0.05, 0) is 0 Å². The maximum Gasteiger partial charge on any atom is 0.136 e. The van der Waals surface area contributed by atoms with E-state index in [2.05, 4.69) is 10.6 Å². The molecule has 0 saturated carbocycles. The normalized spacial score (nSPS) is 39.8. The Bertz CT molecular complexity index is 144. The lowest BCUT2D eigenvalue weighted by Gasteiger charge is -2.35. The Morgan fingerprint density at radius 1 is 1.20 bits per heavy atom. The van der Waals surface area contributed by atoms with Crippen LogP contribution >= 0.6 is 0 Å². The zero-order chi connectivity index (χ0) is 6.97. The predicted molar refractivity (Wildman–Crippen MR) is 37.8 cm³/mol. The molecule has 0 radical (unpaired) electrons. The van der Waals surface area contributed by atoms with Gasteiger partial charge in [-0.1, -0.05) is 0 Å². The van der Waals surface area contributed by atoms with E-state index in [1.165, 1.54) is 0 Å². The van der Waals surface area contributed by atoms with Crippen LogP contribution in [0.1, 0.15) is 12.8 Å². The van der Waals surface area contributed by atoms with Crippen molar-refractivity contribution in [1.29, 1.82) is 0 Å². The Hall–Kier alpha value is -0.410. The zero-order valence-electron chi connectivity index (χ0n) is 5.89. The van der Waals surface area contributed by atoms with E-state index >= 15 is 0 Å². The highest BCUT2D eigenvalue weighted by Gasteiger charge is 2.29. The van der Waals surface area contributed by atoms with Crippen molar-refractivity contribution in [1.82, 2.24) is 10.6 Å². The third-order valence-electron chi connectivity index (χ3n) is 2.20. The molecule has 0 amide bonds. The van der Waals surface area contributed by atoms with Crippen molar-refractivity contribution in [3.05, 3.63) is 0 Å². The van der Waals surface area contributed by atoms with Crippen molar-refractivity contribution in [2.24, 2.45) is 0 Å². The van der Waals surface area contributed by atoms with Gasteiger partial charge < -0.3 is 10.6 Å². The van der Waals surface area contributed by atoms with Crippen LogP contribution in [0.4, 0.5) is 0 Å². The molecule has 2 saturated heterocycles. The zero-order valence-corrected chi connectivity index (χ0v) is 5.89. The Kier molecular flexibility index (Phi) is 1.47. The van der Waals surface area contributed by atoms with Crippen molar-refractivity contribution in [2.75, 3.05) is 13.1 Å². The molecule has 2 N–H and O–H groups in total. The molecule has 2 aliphatic heterocycles. The number of carbonyl (C=O) groups is 1. The Labute approximate surface area is 60.2 Å². The lowest BCUT2D eigenvalue weighted by Crippen LogP contribution is -2.59. The molecule has 2 rings (SSSR count). The first-order valence-electron chi connectivity index (χ1n) is 3.83. The van der Waals surface area contributed by atoms with Gasteiger partial charge in [0.15, 0.2) is 0 Å². The van der Waals surface area contributed by atoms with Gasteiger partial charge in [-0.3, -0.25) is 4.79 Å². The number of ketones is 1. The summed E-state index contributed by atoms with van der Waals surface area (Å²) >= 11 is 0. The van der Waals surface area contributed by atoms with E-state index in [1.54, 1.807) is 0 Å². The second-order valence-electron chi connectivity index (χ2n) is 3.17. The standard InChI is InChI=1S/C7H12N2O/c10-7-1-5-3-8-4-6(2-7)9-5/h5-6,8-9H,1-4H2/t5-,6+. The summed E-state index contributed by atoms with van der Waals surface area (Å²) in [7, 11) is 0. The van der Waals surface area contributed by atoms with E-state index in [0.29, 0.717) is 17.9 Å². The summed E-state index contributed by atoms with van der Waals surface area (Å²) in [6.45, 7) is 1.92. The van der Waals surface area contributed by atoms with Crippen molar-refractivity contribution >= 4 is 5.78 Å². The number of hydrogen-bond donors (Lipinski definition) is 2. The minimum atomic E-state index is 0.417. The van der Waals surface area contributed by atoms with Crippen LogP contribution in [0.3, 0.4) is 0 Å². The number of rotatable bonds is 0. The highest BCUT2D eigenvalue weighted by molar-refractivity contribution is 5.80. The molecule has 56 valence electrons. The molecule has 2 heterocycles. The van der Waals surface area contributed by atoms with Crippen molar-refractivity contribution in [3.8, 4) is 0 Å². The summed E-state index contributed by atoms with van der Waals surface area (Å²) in [6, 6.07) is 0.833. The van der Waals surface area contributed by atoms with Gasteiger partial charge in [0, 0.05) is 38.0 Å². The maximum atomic E-state index is 11.0. The van der Waals surface area contributed by atoms with Crippen molar-refractivity contribution in [2.45, 2.75) is 24.9 Å². The van der Waals surface area contributed by atoms with Crippen LogP contribution in [-0.2, 0) is 4.79 Å². The first kappa shape index (κ1) is 6.31. The van der Waals surface area contributed by atoms with Gasteiger partial charge >= 0.3 is 0 Å². The number of nitrogens with one attached hydrogen (secondary N) is 2. The quantitative estimate of drug-likeness (QED) is 0.466. The average Bonchev–Trinajstić information content (AvgIpc) is 1.85. The lowest BCUT2D eigenvalue weighted by molar-refractivity contribution is -0.122. The molecule has 0 aromatic carbocycles. The van der Waals surface area contributed by atoms with Gasteiger partial charge in [-0.2, -0.15) is 0 Å². The summed E-state index contributed by atoms with van der Waals surface area (Å²) in [5.41, 5.74) is 0. The van der Waals surface area contributed by atoms with Crippen LogP contribution in [0.15, 0.2) is 0 Å². The molecular weight excluding hydrogens is 128 g/mol. The molecule has 0 aromatic rings. The summed E-state index contributed by atoms with van der Waals surface area (Å²) in [4.78, 5) is 11.0. The van der Waals surface area contributed by atoms with Crippen LogP contribution in [0.25, 0.3) is 0 Å². The van der Waals surface area contributed by atoms with E-state index in [0.717, 1.165) is 25.9 Å². The van der Waals surface area contributed by atoms with Crippen molar-refractivity contribution in [3.63, 3.8) is 0 Å². The number of fused-ring (bicyclic) bond motifs is 2. The van der Waals surface area contributed by atoms with Crippen LogP contribution in [0.5, 0.6) is 0 Å². The molecule has 0 unspecified atom stereocenters. The second-order valence-corrected chi connectivity index (χ2v) is 3.17. The summed E-state index contributed by atoms with van der Waals surface area (Å²) in [5.74, 6) is 0.426. The minimum Gasteiger partial charge on any atom is -0.314 e. The first-order chi connectivity index (χ1) is 4.84. The van der Waals surface area contributed by atoms with Gasteiger partial charge in [0.25, 0.3) is 0 Å². The smallest absolute Gasteiger partial charge is 0.136 e. The van der Waals surface area contributed by atoms with E-state index in [1.807, 2.05) is 0 Å². The molecule has 0 aromatic heterocycles. The van der Waals surface area contributed by atoms with E-state index in [9.17, 15) is 4.79 Å². The molecule has 2 atom stereocenters. The molecule has 3 heteroatoms. The average molecular weight is 140 g/mol. The SMILES string of the molecule is O=C1C[C@H]2CNC[C@@H](C1)N2. The van der Waals surface area contributed by atoms with E-state index in [-0.39, 0.29) is 0 Å². The second kappa shape index (κ2) is 2.32. The third kappa shape index (κ3) is 1.07. The number of Topliss-reactive ketones (excluding diaryl/α,β-unsaturated/α-hetero) is 1. The number of hydrogen-bond acceptors (Lipinski definition) is 3. The highest BCUT2D eigenvalue weighted by atomic mass is 16.1. The first-order valence-corrected chi connectivity index (χ1v) is 3.83. The fourth-order valence-electron chi connectivity index (χ4n) is 1.78. The fourth-order valence-corrected chi connectivity index (χ4v) is 1.78. The molecule has 10 heavy (non-hydrogen) atoms. The Morgan fingerprint density at radius 3 is 2.40 bits per heavy atom. The van der Waals surface area contributed by atoms with E-state index in [4.69, 9.17) is 0 Å². The van der Waals surface area contributed by atoms with Crippen LogP contribution in [-0.4, -0.2) is 31.0 Å². The summed E-state index contributed by atoms with van der Waals surface area (Å²) < 4.78 is 0. The topological polar surface area (TPSA) is 41.1 Å². The minimum absolute atomic E-state index is 0.417. The van der Waals surface area contributed by atoms with Crippen LogP contribution in [0.2, 0.25) is 0 Å². The molecular formula is C7H12N2O. The molecule has 2 fully saturated rings. The lowest BCUT2D eigenvalue weighted by atomic mass is 9.94. The molecule has 2 bridgehead atoms. The van der Waals surface area contributed by atoms with Crippen LogP contribution < -0.4 is 10.6 Å². The molecule has 3 nitrogen and oxygen atoms in total. The Morgan fingerprint density at radius 2 is 1.80 bits per heavy atom. The number of carbonyl (C=O) groups excluding carboxylic acids is 1. The number of piperidine rings is 1. The molecule has 0 aliphatic carbocycles. The molecule has 2 aliphatic rings.